The van der Waals surface area contributed by atoms with Crippen molar-refractivity contribution in [3.05, 3.63) is 28.8 Å². The minimum Gasteiger partial charge on any atom is -0.228 e. The van der Waals surface area contributed by atoms with Crippen LogP contribution in [0.4, 0.5) is 13.2 Å². The summed E-state index contributed by atoms with van der Waals surface area (Å²) >= 11 is 5.36. The molecule has 0 amide bonds. The Bertz CT molecular complexity index is 401. The number of hydrogen-bond donors (Lipinski definition) is 0. The van der Waals surface area contributed by atoms with Gasteiger partial charge in [-0.2, -0.15) is 9.65 Å². The molecule has 1 rings (SSSR count). The second-order valence-corrected chi connectivity index (χ2v) is 3.00. The van der Waals surface area contributed by atoms with Gasteiger partial charge in [0.05, 0.1) is 18.4 Å². The third-order valence-electron chi connectivity index (χ3n) is 1.88. The number of aromatic nitrogens is 1. The number of hydrogen-bond acceptors (Lipinski definition) is 2. The van der Waals surface area contributed by atoms with E-state index in [1.54, 1.807) is 6.07 Å². The van der Waals surface area contributed by atoms with E-state index in [-0.39, 0.29) is 17.5 Å². The molecular weight excluding hydrogens is 229 g/mol. The lowest BCUT2D eigenvalue weighted by molar-refractivity contribution is 0.148. The van der Waals surface area contributed by atoms with Gasteiger partial charge in [-0.05, 0) is 5.56 Å². The first-order chi connectivity index (χ1) is 7.11. The number of nitriles is 1. The van der Waals surface area contributed by atoms with Crippen molar-refractivity contribution < 1.29 is 13.2 Å². The average molecular weight is 235 g/mol. The minimum atomic E-state index is -2.86. The zero-order valence-corrected chi connectivity index (χ0v) is 8.23. The standard InChI is InChI=1S/C9H6ClF3N2/c10-3-6-7(8(11)12)5(1-2-14)4-15-9(6)13/h4,8H,1,3H2. The van der Waals surface area contributed by atoms with Crippen LogP contribution in [-0.2, 0) is 12.3 Å². The van der Waals surface area contributed by atoms with Crippen molar-refractivity contribution >= 4 is 11.6 Å². The summed E-state index contributed by atoms with van der Waals surface area (Å²) in [5.41, 5.74) is -0.831. The largest absolute Gasteiger partial charge is 0.264 e. The summed E-state index contributed by atoms with van der Waals surface area (Å²) in [6, 6.07) is 1.71. The van der Waals surface area contributed by atoms with Crippen molar-refractivity contribution in [1.29, 1.82) is 5.26 Å². The number of alkyl halides is 3. The SMILES string of the molecule is N#CCc1cnc(F)c(CCl)c1C(F)F. The van der Waals surface area contributed by atoms with Crippen LogP contribution in [0, 0.1) is 17.3 Å². The van der Waals surface area contributed by atoms with Crippen molar-refractivity contribution in [2.75, 3.05) is 0 Å². The van der Waals surface area contributed by atoms with Crippen LogP contribution in [0.2, 0.25) is 0 Å². The maximum atomic E-state index is 13.0. The van der Waals surface area contributed by atoms with Crippen LogP contribution in [0.5, 0.6) is 0 Å². The zero-order chi connectivity index (χ0) is 11.4. The van der Waals surface area contributed by atoms with Gasteiger partial charge in [-0.3, -0.25) is 0 Å². The Morgan fingerprint density at radius 3 is 2.67 bits per heavy atom. The maximum absolute atomic E-state index is 13.0. The molecule has 1 aromatic heterocycles. The fraction of sp³-hybridized carbons (Fsp3) is 0.333. The van der Waals surface area contributed by atoms with Crippen LogP contribution in [0.15, 0.2) is 6.20 Å². The fourth-order valence-electron chi connectivity index (χ4n) is 1.21. The van der Waals surface area contributed by atoms with Crippen LogP contribution in [-0.4, -0.2) is 4.98 Å². The summed E-state index contributed by atoms with van der Waals surface area (Å²) in [4.78, 5) is 3.28. The number of pyridine rings is 1. The molecule has 80 valence electrons. The zero-order valence-electron chi connectivity index (χ0n) is 7.48. The molecule has 0 aliphatic heterocycles. The van der Waals surface area contributed by atoms with E-state index in [0.717, 1.165) is 6.20 Å². The van der Waals surface area contributed by atoms with Crippen molar-refractivity contribution in [2.24, 2.45) is 0 Å². The molecular formula is C9H6ClF3N2. The van der Waals surface area contributed by atoms with Gasteiger partial charge in [0, 0.05) is 17.3 Å². The molecule has 0 aliphatic rings. The molecule has 2 nitrogen and oxygen atoms in total. The summed E-state index contributed by atoms with van der Waals surface area (Å²) in [5, 5.41) is 8.41. The maximum Gasteiger partial charge on any atom is 0.264 e. The van der Waals surface area contributed by atoms with Gasteiger partial charge in [-0.15, -0.1) is 11.6 Å². The molecule has 0 saturated heterocycles. The van der Waals surface area contributed by atoms with E-state index in [1.807, 2.05) is 0 Å². The van der Waals surface area contributed by atoms with Gasteiger partial charge in [-0.25, -0.2) is 13.8 Å². The van der Waals surface area contributed by atoms with Crippen molar-refractivity contribution in [3.8, 4) is 6.07 Å². The average Bonchev–Trinajstić information content (AvgIpc) is 2.20. The van der Waals surface area contributed by atoms with Crippen LogP contribution >= 0.6 is 11.6 Å². The molecule has 1 aromatic rings. The Labute approximate surface area is 89.3 Å². The Morgan fingerprint density at radius 2 is 2.20 bits per heavy atom. The summed E-state index contributed by atoms with van der Waals surface area (Å²) in [6.45, 7) is 0. The van der Waals surface area contributed by atoms with Gasteiger partial charge in [0.2, 0.25) is 5.95 Å². The lowest BCUT2D eigenvalue weighted by Gasteiger charge is -2.10. The molecule has 1 heterocycles. The van der Waals surface area contributed by atoms with E-state index >= 15 is 0 Å². The van der Waals surface area contributed by atoms with Gasteiger partial charge in [-0.1, -0.05) is 0 Å². The molecule has 15 heavy (non-hydrogen) atoms. The van der Waals surface area contributed by atoms with E-state index < -0.39 is 23.8 Å². The van der Waals surface area contributed by atoms with Gasteiger partial charge in [0.1, 0.15) is 0 Å². The van der Waals surface area contributed by atoms with Crippen LogP contribution < -0.4 is 0 Å². The lowest BCUT2D eigenvalue weighted by atomic mass is 10.0. The molecule has 0 aliphatic carbocycles. The molecule has 0 saturated carbocycles. The summed E-state index contributed by atoms with van der Waals surface area (Å²) in [7, 11) is 0. The summed E-state index contributed by atoms with van der Waals surface area (Å²) in [5.74, 6) is -1.40. The molecule has 0 aromatic carbocycles. The van der Waals surface area contributed by atoms with E-state index in [2.05, 4.69) is 4.98 Å². The molecule has 0 atom stereocenters. The molecule has 0 N–H and O–H groups in total. The molecule has 0 fully saturated rings. The Hall–Kier alpha value is -1.28. The number of halogens is 4. The van der Waals surface area contributed by atoms with Crippen LogP contribution in [0.25, 0.3) is 0 Å². The lowest BCUT2D eigenvalue weighted by Crippen LogP contribution is -2.04. The fourth-order valence-corrected chi connectivity index (χ4v) is 1.47. The highest BCUT2D eigenvalue weighted by Gasteiger charge is 2.21. The predicted octanol–water partition coefficient (Wildman–Crippen LogP) is 2.96. The van der Waals surface area contributed by atoms with Gasteiger partial charge >= 0.3 is 0 Å². The second-order valence-electron chi connectivity index (χ2n) is 2.74. The summed E-state index contributed by atoms with van der Waals surface area (Å²) in [6.07, 6.45) is -2.16. The van der Waals surface area contributed by atoms with Crippen molar-refractivity contribution in [1.82, 2.24) is 4.98 Å². The van der Waals surface area contributed by atoms with Gasteiger partial charge in [0.25, 0.3) is 6.43 Å². The first-order valence-electron chi connectivity index (χ1n) is 3.99. The third kappa shape index (κ3) is 2.39. The highest BCUT2D eigenvalue weighted by atomic mass is 35.5. The van der Waals surface area contributed by atoms with Crippen LogP contribution in [0.1, 0.15) is 23.1 Å². The smallest absolute Gasteiger partial charge is 0.228 e. The van der Waals surface area contributed by atoms with E-state index in [1.165, 1.54) is 0 Å². The topological polar surface area (TPSA) is 36.7 Å². The van der Waals surface area contributed by atoms with Crippen molar-refractivity contribution in [3.63, 3.8) is 0 Å². The normalized spacial score (nSPS) is 10.4. The number of rotatable bonds is 3. The molecule has 0 radical (unpaired) electrons. The quantitative estimate of drug-likeness (QED) is 0.596. The molecule has 0 bridgehead atoms. The monoisotopic (exact) mass is 234 g/mol. The minimum absolute atomic E-state index is 0.0181. The van der Waals surface area contributed by atoms with E-state index in [9.17, 15) is 13.2 Å². The Morgan fingerprint density at radius 1 is 1.53 bits per heavy atom. The van der Waals surface area contributed by atoms with Gasteiger partial charge < -0.3 is 0 Å². The molecule has 0 unspecified atom stereocenters. The second kappa shape index (κ2) is 4.99. The van der Waals surface area contributed by atoms with Gasteiger partial charge in [0.15, 0.2) is 0 Å². The Balaban J connectivity index is 3.36. The molecule has 6 heteroatoms. The number of nitrogens with zero attached hydrogens (tertiary/aromatic N) is 2. The Kier molecular flexibility index (Phi) is 3.92. The first-order valence-corrected chi connectivity index (χ1v) is 4.52. The third-order valence-corrected chi connectivity index (χ3v) is 2.14. The predicted molar refractivity (Wildman–Crippen MR) is 48.0 cm³/mol. The van der Waals surface area contributed by atoms with E-state index in [0.29, 0.717) is 0 Å². The van der Waals surface area contributed by atoms with E-state index in [4.69, 9.17) is 16.9 Å². The molecule has 0 spiro atoms. The highest BCUT2D eigenvalue weighted by Crippen LogP contribution is 2.29. The van der Waals surface area contributed by atoms with Crippen molar-refractivity contribution in [2.45, 2.75) is 18.7 Å². The van der Waals surface area contributed by atoms with Crippen LogP contribution in [0.3, 0.4) is 0 Å². The highest BCUT2D eigenvalue weighted by molar-refractivity contribution is 6.17. The summed E-state index contributed by atoms with van der Waals surface area (Å²) < 4.78 is 38.3. The first kappa shape index (κ1) is 11.8.